The molecule has 2 aromatic rings. The number of aromatic nitrogens is 3. The highest BCUT2D eigenvalue weighted by atomic mass is 15.5. The highest BCUT2D eigenvalue weighted by Crippen LogP contribution is 2.24. The standard InChI is InChI=1S/C27H45N11/c1-6-36(7-2)18-10-16-29-25-32-26(30-17-11-19-37(8-3)9-4)34-27(33-25)31-22-12-14-23(15-13-22)38-24(28)20-21(5)35-38/h12-15,28H,6-11,16-20H2,1-5H3,(H3,29,30,31,32,33,34). The number of hydrogen-bond acceptors (Lipinski definition) is 10. The summed E-state index contributed by atoms with van der Waals surface area (Å²) in [6.07, 6.45) is 2.61. The van der Waals surface area contributed by atoms with Gasteiger partial charge in [0.2, 0.25) is 17.8 Å². The molecule has 0 bridgehead atoms. The molecule has 0 unspecified atom stereocenters. The number of amidine groups is 1. The van der Waals surface area contributed by atoms with Gasteiger partial charge in [-0.1, -0.05) is 27.7 Å². The van der Waals surface area contributed by atoms with Crippen LogP contribution in [0.3, 0.4) is 0 Å². The maximum Gasteiger partial charge on any atom is 0.233 e. The number of benzene rings is 1. The lowest BCUT2D eigenvalue weighted by atomic mass is 10.2. The average molecular weight is 524 g/mol. The molecular formula is C27H45N11. The molecule has 0 saturated carbocycles. The van der Waals surface area contributed by atoms with Gasteiger partial charge in [-0.05, 0) is 83.3 Å². The summed E-state index contributed by atoms with van der Waals surface area (Å²) in [6.45, 7) is 18.6. The fourth-order valence-corrected chi connectivity index (χ4v) is 4.29. The summed E-state index contributed by atoms with van der Waals surface area (Å²) in [7, 11) is 0. The van der Waals surface area contributed by atoms with Crippen LogP contribution in [0.25, 0.3) is 0 Å². The van der Waals surface area contributed by atoms with E-state index >= 15 is 0 Å². The lowest BCUT2D eigenvalue weighted by Gasteiger charge is -2.18. The van der Waals surface area contributed by atoms with Gasteiger partial charge in [-0.15, -0.1) is 0 Å². The van der Waals surface area contributed by atoms with Crippen LogP contribution >= 0.6 is 0 Å². The molecule has 2 heterocycles. The van der Waals surface area contributed by atoms with Crippen LogP contribution in [0.1, 0.15) is 53.9 Å². The van der Waals surface area contributed by atoms with Crippen LogP contribution < -0.4 is 21.0 Å². The Labute approximate surface area is 227 Å². The predicted molar refractivity (Wildman–Crippen MR) is 159 cm³/mol. The van der Waals surface area contributed by atoms with E-state index in [1.54, 1.807) is 5.01 Å². The molecule has 1 aromatic carbocycles. The predicted octanol–water partition coefficient (Wildman–Crippen LogP) is 4.47. The highest BCUT2D eigenvalue weighted by Gasteiger charge is 2.19. The molecule has 4 N–H and O–H groups in total. The number of rotatable bonds is 17. The monoisotopic (exact) mass is 523 g/mol. The van der Waals surface area contributed by atoms with E-state index in [9.17, 15) is 0 Å². The fraction of sp³-hybridized carbons (Fsp3) is 0.593. The zero-order valence-electron chi connectivity index (χ0n) is 23.7. The Kier molecular flexibility index (Phi) is 11.7. The maximum absolute atomic E-state index is 8.13. The molecule has 1 aliphatic rings. The van der Waals surface area contributed by atoms with Crippen molar-refractivity contribution < 1.29 is 0 Å². The first-order valence-electron chi connectivity index (χ1n) is 13.9. The zero-order chi connectivity index (χ0) is 27.3. The van der Waals surface area contributed by atoms with Crippen molar-refractivity contribution >= 4 is 40.8 Å². The molecule has 208 valence electrons. The third-order valence-corrected chi connectivity index (χ3v) is 6.61. The van der Waals surface area contributed by atoms with Gasteiger partial charge in [0, 0.05) is 30.9 Å². The van der Waals surface area contributed by atoms with Crippen LogP contribution in [0.2, 0.25) is 0 Å². The van der Waals surface area contributed by atoms with Crippen LogP contribution in [0.4, 0.5) is 29.2 Å². The molecule has 0 atom stereocenters. The summed E-state index contributed by atoms with van der Waals surface area (Å²) >= 11 is 0. The molecule has 38 heavy (non-hydrogen) atoms. The first-order chi connectivity index (χ1) is 18.4. The van der Waals surface area contributed by atoms with Crippen molar-refractivity contribution in [2.75, 3.05) is 73.3 Å². The summed E-state index contributed by atoms with van der Waals surface area (Å²) in [5, 5.41) is 24.3. The third-order valence-electron chi connectivity index (χ3n) is 6.61. The van der Waals surface area contributed by atoms with Crippen molar-refractivity contribution in [3.05, 3.63) is 24.3 Å². The smallest absolute Gasteiger partial charge is 0.233 e. The molecule has 0 saturated heterocycles. The molecule has 3 rings (SSSR count). The van der Waals surface area contributed by atoms with E-state index in [4.69, 9.17) is 5.41 Å². The molecule has 0 aliphatic carbocycles. The lowest BCUT2D eigenvalue weighted by Crippen LogP contribution is -2.26. The Morgan fingerprint density at radius 3 is 1.74 bits per heavy atom. The van der Waals surface area contributed by atoms with Crippen molar-refractivity contribution in [1.29, 1.82) is 5.41 Å². The summed E-state index contributed by atoms with van der Waals surface area (Å²) < 4.78 is 0. The molecular weight excluding hydrogens is 478 g/mol. The second kappa shape index (κ2) is 15.2. The molecule has 0 spiro atoms. The van der Waals surface area contributed by atoms with Crippen molar-refractivity contribution in [2.24, 2.45) is 5.10 Å². The van der Waals surface area contributed by atoms with E-state index < -0.39 is 0 Å². The Morgan fingerprint density at radius 2 is 1.29 bits per heavy atom. The second-order valence-electron chi connectivity index (χ2n) is 9.36. The maximum atomic E-state index is 8.13. The average Bonchev–Trinajstić information content (AvgIpc) is 3.27. The summed E-state index contributed by atoms with van der Waals surface area (Å²) in [5.74, 6) is 2.07. The van der Waals surface area contributed by atoms with Gasteiger partial charge in [-0.25, -0.2) is 5.01 Å². The lowest BCUT2D eigenvalue weighted by molar-refractivity contribution is 0.303. The van der Waals surface area contributed by atoms with Gasteiger partial charge in [0.25, 0.3) is 0 Å². The summed E-state index contributed by atoms with van der Waals surface area (Å²) in [6, 6.07) is 7.78. The van der Waals surface area contributed by atoms with E-state index in [2.05, 4.69) is 73.5 Å². The van der Waals surface area contributed by atoms with E-state index in [1.807, 2.05) is 31.2 Å². The number of hydrazone groups is 1. The number of nitrogens with one attached hydrogen (secondary N) is 4. The molecule has 11 nitrogen and oxygen atoms in total. The van der Waals surface area contributed by atoms with E-state index in [1.165, 1.54) is 0 Å². The van der Waals surface area contributed by atoms with Gasteiger partial charge < -0.3 is 25.8 Å². The van der Waals surface area contributed by atoms with Crippen LogP contribution in [-0.4, -0.2) is 88.7 Å². The minimum atomic E-state index is 0.480. The minimum absolute atomic E-state index is 0.480. The molecule has 11 heteroatoms. The molecule has 0 radical (unpaired) electrons. The third kappa shape index (κ3) is 8.91. The molecule has 1 aliphatic heterocycles. The van der Waals surface area contributed by atoms with E-state index in [-0.39, 0.29) is 0 Å². The number of nitrogens with zero attached hydrogens (tertiary/aromatic N) is 7. The zero-order valence-corrected chi connectivity index (χ0v) is 23.7. The van der Waals surface area contributed by atoms with Gasteiger partial charge in [0.1, 0.15) is 5.84 Å². The number of anilines is 5. The quantitative estimate of drug-likeness (QED) is 0.223. The Morgan fingerprint density at radius 1 is 0.789 bits per heavy atom. The van der Waals surface area contributed by atoms with Crippen molar-refractivity contribution in [3.63, 3.8) is 0 Å². The van der Waals surface area contributed by atoms with Crippen LogP contribution in [0, 0.1) is 5.41 Å². The topological polar surface area (TPSA) is 121 Å². The van der Waals surface area contributed by atoms with Crippen molar-refractivity contribution in [3.8, 4) is 0 Å². The van der Waals surface area contributed by atoms with Crippen LogP contribution in [0.5, 0.6) is 0 Å². The SMILES string of the molecule is CCN(CC)CCCNc1nc(NCCCN(CC)CC)nc(Nc2ccc(N3N=C(C)CC3=N)cc2)n1. The Bertz CT molecular complexity index is 992. The summed E-state index contributed by atoms with van der Waals surface area (Å²) in [4.78, 5) is 18.7. The molecule has 1 aromatic heterocycles. The molecule has 0 fully saturated rings. The first kappa shape index (κ1) is 29.2. The van der Waals surface area contributed by atoms with Gasteiger partial charge in [0.15, 0.2) is 0 Å². The highest BCUT2D eigenvalue weighted by molar-refractivity contribution is 6.13. The van der Waals surface area contributed by atoms with Gasteiger partial charge in [0.05, 0.1) is 5.69 Å². The van der Waals surface area contributed by atoms with Gasteiger partial charge in [-0.3, -0.25) is 5.41 Å². The van der Waals surface area contributed by atoms with Crippen LogP contribution in [0.15, 0.2) is 29.4 Å². The van der Waals surface area contributed by atoms with Crippen molar-refractivity contribution in [1.82, 2.24) is 24.8 Å². The normalized spacial score (nSPS) is 13.4. The largest absolute Gasteiger partial charge is 0.354 e. The Balaban J connectivity index is 1.66. The minimum Gasteiger partial charge on any atom is -0.354 e. The van der Waals surface area contributed by atoms with E-state index in [0.717, 1.165) is 82.3 Å². The second-order valence-corrected chi connectivity index (χ2v) is 9.36. The number of hydrogen-bond donors (Lipinski definition) is 4. The van der Waals surface area contributed by atoms with Gasteiger partial charge in [-0.2, -0.15) is 20.1 Å². The van der Waals surface area contributed by atoms with Gasteiger partial charge >= 0.3 is 0 Å². The van der Waals surface area contributed by atoms with E-state index in [0.29, 0.717) is 30.1 Å². The fourth-order valence-electron chi connectivity index (χ4n) is 4.29. The van der Waals surface area contributed by atoms with Crippen molar-refractivity contribution in [2.45, 2.75) is 53.9 Å². The van der Waals surface area contributed by atoms with Crippen LogP contribution in [-0.2, 0) is 0 Å². The summed E-state index contributed by atoms with van der Waals surface area (Å²) in [5.41, 5.74) is 2.65. The Hall–Kier alpha value is -3.31. The first-order valence-corrected chi connectivity index (χ1v) is 13.9. The molecule has 0 amide bonds.